The number of benzene rings is 1. The van der Waals surface area contributed by atoms with Crippen LogP contribution in [0.1, 0.15) is 12.7 Å². The first-order chi connectivity index (χ1) is 10.1. The summed E-state index contributed by atoms with van der Waals surface area (Å²) in [6.07, 6.45) is 0. The number of ether oxygens (including phenoxy) is 1. The predicted octanol–water partition coefficient (Wildman–Crippen LogP) is 4.10. The molecule has 0 atom stereocenters. The fourth-order valence-electron chi connectivity index (χ4n) is 1.76. The maximum absolute atomic E-state index is 12.1. The van der Waals surface area contributed by atoms with Gasteiger partial charge in [-0.1, -0.05) is 0 Å². The van der Waals surface area contributed by atoms with Gasteiger partial charge in [-0.05, 0) is 59.3 Å². The molecule has 0 aliphatic rings. The number of hydrogen-bond donors (Lipinski definition) is 1. The van der Waals surface area contributed by atoms with Crippen LogP contribution in [0.2, 0.25) is 0 Å². The van der Waals surface area contributed by atoms with Crippen LogP contribution in [0.4, 0.5) is 10.5 Å². The van der Waals surface area contributed by atoms with Gasteiger partial charge in [0.2, 0.25) is 0 Å². The Morgan fingerprint density at radius 2 is 2.00 bits per heavy atom. The van der Waals surface area contributed by atoms with Crippen molar-refractivity contribution in [3.8, 4) is 5.75 Å². The topological polar surface area (TPSA) is 54.7 Å². The van der Waals surface area contributed by atoms with E-state index >= 15 is 0 Å². The van der Waals surface area contributed by atoms with Crippen molar-refractivity contribution < 1.29 is 13.9 Å². The molecule has 5 nitrogen and oxygen atoms in total. The monoisotopic (exact) mass is 352 g/mol. The fourth-order valence-corrected chi connectivity index (χ4v) is 2.10. The Balaban J connectivity index is 1.90. The highest BCUT2D eigenvalue weighted by molar-refractivity contribution is 9.10. The van der Waals surface area contributed by atoms with Gasteiger partial charge in [0.15, 0.2) is 4.67 Å². The van der Waals surface area contributed by atoms with E-state index in [0.717, 1.165) is 11.4 Å². The van der Waals surface area contributed by atoms with Crippen LogP contribution in [-0.4, -0.2) is 24.6 Å². The quantitative estimate of drug-likeness (QED) is 0.880. The van der Waals surface area contributed by atoms with E-state index in [-0.39, 0.29) is 6.03 Å². The summed E-state index contributed by atoms with van der Waals surface area (Å²) in [4.78, 5) is 13.6. The molecular weight excluding hydrogens is 336 g/mol. The Morgan fingerprint density at radius 1 is 1.29 bits per heavy atom. The van der Waals surface area contributed by atoms with Crippen molar-refractivity contribution >= 4 is 27.6 Å². The van der Waals surface area contributed by atoms with Crippen LogP contribution in [0.3, 0.4) is 0 Å². The summed E-state index contributed by atoms with van der Waals surface area (Å²) in [5, 5.41) is 2.82. The molecule has 112 valence electrons. The van der Waals surface area contributed by atoms with Crippen LogP contribution in [0.25, 0.3) is 0 Å². The van der Waals surface area contributed by atoms with E-state index in [9.17, 15) is 4.79 Å². The summed E-state index contributed by atoms with van der Waals surface area (Å²) < 4.78 is 11.4. The van der Waals surface area contributed by atoms with E-state index in [0.29, 0.717) is 23.6 Å². The van der Waals surface area contributed by atoms with Crippen LogP contribution in [0.5, 0.6) is 5.75 Å². The van der Waals surface area contributed by atoms with Crippen LogP contribution >= 0.6 is 15.9 Å². The first-order valence-electron chi connectivity index (χ1n) is 6.57. The molecule has 0 radical (unpaired) electrons. The van der Waals surface area contributed by atoms with Gasteiger partial charge in [0.05, 0.1) is 13.2 Å². The summed E-state index contributed by atoms with van der Waals surface area (Å²) in [6, 6.07) is 10.7. The van der Waals surface area contributed by atoms with E-state index in [1.54, 1.807) is 30.1 Å². The van der Waals surface area contributed by atoms with Gasteiger partial charge >= 0.3 is 6.03 Å². The molecule has 0 saturated carbocycles. The van der Waals surface area contributed by atoms with Gasteiger partial charge in [0.1, 0.15) is 11.5 Å². The average molecular weight is 353 g/mol. The van der Waals surface area contributed by atoms with Gasteiger partial charge in [0, 0.05) is 12.7 Å². The molecule has 21 heavy (non-hydrogen) atoms. The highest BCUT2D eigenvalue weighted by Gasteiger charge is 2.11. The van der Waals surface area contributed by atoms with E-state index in [1.807, 2.05) is 25.1 Å². The molecule has 0 unspecified atom stereocenters. The summed E-state index contributed by atoms with van der Waals surface area (Å²) in [5.41, 5.74) is 0.718. The molecule has 6 heteroatoms. The normalized spacial score (nSPS) is 10.2. The Kier molecular flexibility index (Phi) is 5.27. The molecule has 0 fully saturated rings. The fraction of sp³-hybridized carbons (Fsp3) is 0.267. The van der Waals surface area contributed by atoms with E-state index in [1.165, 1.54) is 0 Å². The van der Waals surface area contributed by atoms with Crippen molar-refractivity contribution in [2.75, 3.05) is 19.0 Å². The second-order valence-electron chi connectivity index (χ2n) is 4.45. The van der Waals surface area contributed by atoms with Crippen molar-refractivity contribution in [3.05, 3.63) is 46.8 Å². The van der Waals surface area contributed by atoms with E-state index in [4.69, 9.17) is 9.15 Å². The molecule has 2 rings (SSSR count). The predicted molar refractivity (Wildman–Crippen MR) is 84.5 cm³/mol. The number of furan rings is 1. The van der Waals surface area contributed by atoms with Gasteiger partial charge in [-0.2, -0.15) is 0 Å². The molecular formula is C15H17BrN2O3. The number of carbonyl (C=O) groups excluding carboxylic acids is 1. The standard InChI is InChI=1S/C15H17BrN2O3/c1-3-20-12-6-4-11(5-7-12)17-15(19)18(2)10-13-8-9-14(16)21-13/h4-9H,3,10H2,1-2H3,(H,17,19). The minimum Gasteiger partial charge on any atom is -0.494 e. The van der Waals surface area contributed by atoms with Crippen molar-refractivity contribution in [1.29, 1.82) is 0 Å². The Morgan fingerprint density at radius 3 is 2.57 bits per heavy atom. The van der Waals surface area contributed by atoms with Crippen LogP contribution in [0, 0.1) is 0 Å². The largest absolute Gasteiger partial charge is 0.494 e. The first-order valence-corrected chi connectivity index (χ1v) is 7.37. The lowest BCUT2D eigenvalue weighted by molar-refractivity contribution is 0.216. The Bertz CT molecular complexity index is 595. The minimum atomic E-state index is -0.202. The smallest absolute Gasteiger partial charge is 0.321 e. The number of hydrogen-bond acceptors (Lipinski definition) is 3. The number of halogens is 1. The van der Waals surface area contributed by atoms with Crippen molar-refractivity contribution in [2.45, 2.75) is 13.5 Å². The van der Waals surface area contributed by atoms with Gasteiger partial charge in [-0.3, -0.25) is 0 Å². The summed E-state index contributed by atoms with van der Waals surface area (Å²) in [7, 11) is 1.71. The second kappa shape index (κ2) is 7.17. The number of amides is 2. The lowest BCUT2D eigenvalue weighted by Crippen LogP contribution is -2.30. The van der Waals surface area contributed by atoms with Crippen LogP contribution < -0.4 is 10.1 Å². The van der Waals surface area contributed by atoms with Crippen molar-refractivity contribution in [1.82, 2.24) is 4.90 Å². The lowest BCUT2D eigenvalue weighted by Gasteiger charge is -2.16. The Labute approximate surface area is 132 Å². The first kappa shape index (κ1) is 15.4. The lowest BCUT2D eigenvalue weighted by atomic mass is 10.3. The summed E-state index contributed by atoms with van der Waals surface area (Å²) in [5.74, 6) is 1.50. The molecule has 2 amide bonds. The molecule has 1 aromatic carbocycles. The zero-order chi connectivity index (χ0) is 15.2. The number of urea groups is 1. The minimum absolute atomic E-state index is 0.202. The zero-order valence-corrected chi connectivity index (χ0v) is 13.5. The van der Waals surface area contributed by atoms with Gasteiger partial charge < -0.3 is 19.4 Å². The number of carbonyl (C=O) groups is 1. The van der Waals surface area contributed by atoms with E-state index < -0.39 is 0 Å². The van der Waals surface area contributed by atoms with Crippen molar-refractivity contribution in [3.63, 3.8) is 0 Å². The average Bonchev–Trinajstić information content (AvgIpc) is 2.86. The van der Waals surface area contributed by atoms with Crippen molar-refractivity contribution in [2.24, 2.45) is 0 Å². The molecule has 2 aromatic rings. The molecule has 0 bridgehead atoms. The van der Waals surface area contributed by atoms with Crippen LogP contribution in [-0.2, 0) is 6.54 Å². The maximum atomic E-state index is 12.1. The van der Waals surface area contributed by atoms with Gasteiger partial charge in [0.25, 0.3) is 0 Å². The second-order valence-corrected chi connectivity index (χ2v) is 5.23. The number of rotatable bonds is 5. The number of nitrogens with one attached hydrogen (secondary N) is 1. The number of anilines is 1. The zero-order valence-electron chi connectivity index (χ0n) is 11.9. The molecule has 1 N–H and O–H groups in total. The highest BCUT2D eigenvalue weighted by Crippen LogP contribution is 2.17. The summed E-state index contributed by atoms with van der Waals surface area (Å²) in [6.45, 7) is 2.94. The number of nitrogens with zero attached hydrogens (tertiary/aromatic N) is 1. The third-order valence-corrected chi connectivity index (χ3v) is 3.21. The molecule has 1 aromatic heterocycles. The van der Waals surface area contributed by atoms with Crippen LogP contribution in [0.15, 0.2) is 45.5 Å². The Hall–Kier alpha value is -1.95. The molecule has 1 heterocycles. The third-order valence-electron chi connectivity index (χ3n) is 2.79. The molecule has 0 aliphatic heterocycles. The van der Waals surface area contributed by atoms with Gasteiger partial charge in [-0.25, -0.2) is 4.79 Å². The highest BCUT2D eigenvalue weighted by atomic mass is 79.9. The summed E-state index contributed by atoms with van der Waals surface area (Å²) >= 11 is 3.23. The SMILES string of the molecule is CCOc1ccc(NC(=O)N(C)Cc2ccc(Br)o2)cc1. The van der Waals surface area contributed by atoms with Gasteiger partial charge in [-0.15, -0.1) is 0 Å². The molecule has 0 saturated heterocycles. The van der Waals surface area contributed by atoms with E-state index in [2.05, 4.69) is 21.2 Å². The maximum Gasteiger partial charge on any atom is 0.321 e. The molecule has 0 aliphatic carbocycles. The third kappa shape index (κ3) is 4.53. The molecule has 0 spiro atoms.